The van der Waals surface area contributed by atoms with Gasteiger partial charge in [0.2, 0.25) is 5.82 Å². The molecule has 1 fully saturated rings. The molecular formula is C11H15N3O3. The number of hydrogen-bond donors (Lipinski definition) is 0. The molecule has 2 heterocycles. The average molecular weight is 237 g/mol. The van der Waals surface area contributed by atoms with E-state index in [4.69, 9.17) is 9.47 Å². The smallest absolute Gasteiger partial charge is 0.376 e. The quantitative estimate of drug-likeness (QED) is 0.685. The van der Waals surface area contributed by atoms with Crippen LogP contribution in [0.25, 0.3) is 0 Å². The van der Waals surface area contributed by atoms with Gasteiger partial charge in [-0.2, -0.15) is 0 Å². The van der Waals surface area contributed by atoms with Crippen LogP contribution in [0.4, 0.5) is 0 Å². The molecule has 0 aliphatic carbocycles. The lowest BCUT2D eigenvalue weighted by atomic mass is 10.4. The van der Waals surface area contributed by atoms with Crippen LogP contribution >= 0.6 is 0 Å². The highest BCUT2D eigenvalue weighted by molar-refractivity contribution is 5.84. The molecule has 17 heavy (non-hydrogen) atoms. The summed E-state index contributed by atoms with van der Waals surface area (Å²) in [6.07, 6.45) is 3.04. The van der Waals surface area contributed by atoms with E-state index in [2.05, 4.69) is 14.9 Å². The summed E-state index contributed by atoms with van der Waals surface area (Å²) in [7, 11) is 0. The lowest BCUT2D eigenvalue weighted by Gasteiger charge is -2.26. The van der Waals surface area contributed by atoms with Crippen molar-refractivity contribution < 1.29 is 14.3 Å². The molecule has 6 heteroatoms. The van der Waals surface area contributed by atoms with Crippen molar-refractivity contribution >= 4 is 5.97 Å². The summed E-state index contributed by atoms with van der Waals surface area (Å²) in [5.74, 6) is -0.367. The third-order valence-corrected chi connectivity index (χ3v) is 2.49. The van der Waals surface area contributed by atoms with E-state index in [1.54, 1.807) is 6.07 Å². The number of nitrogens with zero attached hydrogens (tertiary/aromatic N) is 3. The first-order valence-electron chi connectivity index (χ1n) is 5.60. The van der Waals surface area contributed by atoms with Gasteiger partial charge >= 0.3 is 5.97 Å². The Morgan fingerprint density at radius 2 is 2.06 bits per heavy atom. The lowest BCUT2D eigenvalue weighted by Crippen LogP contribution is -2.38. The third-order valence-electron chi connectivity index (χ3n) is 2.49. The molecule has 1 aliphatic heterocycles. The Morgan fingerprint density at radius 3 is 2.76 bits per heavy atom. The molecule has 0 amide bonds. The summed E-state index contributed by atoms with van der Waals surface area (Å²) >= 11 is 0. The molecule has 1 aliphatic rings. The van der Waals surface area contributed by atoms with Crippen molar-refractivity contribution in [2.45, 2.75) is 0 Å². The van der Waals surface area contributed by atoms with Crippen molar-refractivity contribution in [3.05, 3.63) is 24.3 Å². The summed E-state index contributed by atoms with van der Waals surface area (Å²) in [5.41, 5.74) is 0. The molecular weight excluding hydrogens is 222 g/mol. The van der Waals surface area contributed by atoms with Crippen molar-refractivity contribution in [2.24, 2.45) is 0 Å². The highest BCUT2D eigenvalue weighted by Crippen LogP contribution is 1.97. The van der Waals surface area contributed by atoms with Crippen LogP contribution in [-0.2, 0) is 9.47 Å². The van der Waals surface area contributed by atoms with Crippen LogP contribution in [0.1, 0.15) is 10.6 Å². The molecule has 0 radical (unpaired) electrons. The molecule has 92 valence electrons. The van der Waals surface area contributed by atoms with E-state index < -0.39 is 5.97 Å². The molecule has 1 aromatic rings. The van der Waals surface area contributed by atoms with Crippen molar-refractivity contribution in [2.75, 3.05) is 39.5 Å². The molecule has 2 rings (SSSR count). The minimum absolute atomic E-state index is 0.106. The van der Waals surface area contributed by atoms with E-state index >= 15 is 0 Å². The van der Waals surface area contributed by atoms with Gasteiger partial charge in [-0.25, -0.2) is 14.8 Å². The zero-order chi connectivity index (χ0) is 11.9. The summed E-state index contributed by atoms with van der Waals surface area (Å²) in [4.78, 5) is 21.3. The number of ether oxygens (including phenoxy) is 2. The maximum Gasteiger partial charge on any atom is 0.376 e. The second-order valence-corrected chi connectivity index (χ2v) is 3.66. The zero-order valence-electron chi connectivity index (χ0n) is 9.54. The van der Waals surface area contributed by atoms with E-state index in [1.165, 1.54) is 12.4 Å². The van der Waals surface area contributed by atoms with Gasteiger partial charge < -0.3 is 9.47 Å². The molecule has 0 atom stereocenters. The third kappa shape index (κ3) is 3.76. The normalized spacial score (nSPS) is 16.7. The van der Waals surface area contributed by atoms with Crippen molar-refractivity contribution in [3.8, 4) is 0 Å². The number of esters is 1. The maximum atomic E-state index is 11.5. The van der Waals surface area contributed by atoms with Gasteiger partial charge in [0, 0.05) is 32.0 Å². The van der Waals surface area contributed by atoms with E-state index in [0.29, 0.717) is 6.61 Å². The van der Waals surface area contributed by atoms with E-state index in [1.807, 2.05) is 0 Å². The van der Waals surface area contributed by atoms with Crippen LogP contribution < -0.4 is 0 Å². The Labute approximate surface area is 99.6 Å². The maximum absolute atomic E-state index is 11.5. The van der Waals surface area contributed by atoms with Gasteiger partial charge in [-0.05, 0) is 6.07 Å². The Bertz CT molecular complexity index is 352. The lowest BCUT2D eigenvalue weighted by molar-refractivity contribution is 0.0190. The largest absolute Gasteiger partial charge is 0.458 e. The highest BCUT2D eigenvalue weighted by atomic mass is 16.5. The molecule has 0 bridgehead atoms. The Hall–Kier alpha value is -1.53. The minimum atomic E-state index is -0.473. The van der Waals surface area contributed by atoms with Gasteiger partial charge in [0.15, 0.2) is 0 Å². The fourth-order valence-corrected chi connectivity index (χ4v) is 1.56. The molecule has 1 saturated heterocycles. The second kappa shape index (κ2) is 6.27. The number of carbonyl (C=O) groups is 1. The number of hydrogen-bond acceptors (Lipinski definition) is 6. The van der Waals surface area contributed by atoms with Gasteiger partial charge in [-0.1, -0.05) is 0 Å². The van der Waals surface area contributed by atoms with Crippen molar-refractivity contribution in [1.82, 2.24) is 14.9 Å². The van der Waals surface area contributed by atoms with Crippen molar-refractivity contribution in [1.29, 1.82) is 0 Å². The monoisotopic (exact) mass is 237 g/mol. The molecule has 6 nitrogen and oxygen atoms in total. The van der Waals surface area contributed by atoms with Crippen LogP contribution in [0.5, 0.6) is 0 Å². The van der Waals surface area contributed by atoms with Crippen LogP contribution in [0, 0.1) is 0 Å². The first-order valence-corrected chi connectivity index (χ1v) is 5.60. The summed E-state index contributed by atoms with van der Waals surface area (Å²) in [5, 5.41) is 0. The SMILES string of the molecule is O=C(OCCN1CCOCC1)c1ncccn1. The van der Waals surface area contributed by atoms with E-state index in [9.17, 15) is 4.79 Å². The van der Waals surface area contributed by atoms with Crippen molar-refractivity contribution in [3.63, 3.8) is 0 Å². The summed E-state index contributed by atoms with van der Waals surface area (Å²) in [6.45, 7) is 4.35. The highest BCUT2D eigenvalue weighted by Gasteiger charge is 2.12. The van der Waals surface area contributed by atoms with Crippen LogP contribution in [0.15, 0.2) is 18.5 Å². The topological polar surface area (TPSA) is 64.5 Å². The average Bonchev–Trinajstić information content (AvgIpc) is 2.41. The number of morpholine rings is 1. The minimum Gasteiger partial charge on any atom is -0.458 e. The van der Waals surface area contributed by atoms with Gasteiger partial charge in [0.1, 0.15) is 6.61 Å². The molecule has 0 N–H and O–H groups in total. The zero-order valence-corrected chi connectivity index (χ0v) is 9.54. The number of aromatic nitrogens is 2. The van der Waals surface area contributed by atoms with Gasteiger partial charge in [0.05, 0.1) is 13.2 Å². The van der Waals surface area contributed by atoms with Gasteiger partial charge in [-0.15, -0.1) is 0 Å². The van der Waals surface area contributed by atoms with E-state index in [0.717, 1.165) is 32.8 Å². The summed E-state index contributed by atoms with van der Waals surface area (Å²) in [6, 6.07) is 1.66. The fourth-order valence-electron chi connectivity index (χ4n) is 1.56. The second-order valence-electron chi connectivity index (χ2n) is 3.66. The number of carbonyl (C=O) groups excluding carboxylic acids is 1. The Kier molecular flexibility index (Phi) is 4.40. The molecule has 0 spiro atoms. The predicted octanol–water partition coefficient (Wildman–Crippen LogP) is -0.0344. The van der Waals surface area contributed by atoms with Crippen LogP contribution in [-0.4, -0.2) is 60.3 Å². The predicted molar refractivity (Wildman–Crippen MR) is 59.6 cm³/mol. The Balaban J connectivity index is 1.69. The molecule has 0 aromatic carbocycles. The summed E-state index contributed by atoms with van der Waals surface area (Å²) < 4.78 is 10.3. The molecule has 1 aromatic heterocycles. The first-order chi connectivity index (χ1) is 8.36. The number of rotatable bonds is 4. The van der Waals surface area contributed by atoms with E-state index in [-0.39, 0.29) is 5.82 Å². The van der Waals surface area contributed by atoms with Crippen LogP contribution in [0.3, 0.4) is 0 Å². The van der Waals surface area contributed by atoms with Gasteiger partial charge in [-0.3, -0.25) is 4.90 Å². The fraction of sp³-hybridized carbons (Fsp3) is 0.545. The van der Waals surface area contributed by atoms with Crippen LogP contribution in [0.2, 0.25) is 0 Å². The molecule has 0 unspecified atom stereocenters. The first kappa shape index (κ1) is 11.9. The Morgan fingerprint density at radius 1 is 1.35 bits per heavy atom. The standard InChI is InChI=1S/C11H15N3O3/c15-11(10-12-2-1-3-13-10)17-9-6-14-4-7-16-8-5-14/h1-3H,4-9H2. The van der Waals surface area contributed by atoms with Gasteiger partial charge in [0.25, 0.3) is 0 Å². The molecule has 0 saturated carbocycles.